The van der Waals surface area contributed by atoms with Crippen molar-refractivity contribution in [1.82, 2.24) is 0 Å². The first-order valence-corrected chi connectivity index (χ1v) is 16.8. The van der Waals surface area contributed by atoms with E-state index in [1.807, 2.05) is 43.3 Å². The van der Waals surface area contributed by atoms with Crippen LogP contribution in [0.1, 0.15) is 96.5 Å². The Labute approximate surface area is 262 Å². The third-order valence-corrected chi connectivity index (χ3v) is 9.89. The first-order valence-electron chi connectivity index (χ1n) is 16.8. The molecular weight excluding hydrogens is 553 g/mol. The maximum atomic E-state index is 15.4. The van der Waals surface area contributed by atoms with Crippen LogP contribution >= 0.6 is 0 Å². The van der Waals surface area contributed by atoms with Gasteiger partial charge in [0, 0.05) is 11.1 Å². The summed E-state index contributed by atoms with van der Waals surface area (Å²) in [5.41, 5.74) is 4.13. The van der Waals surface area contributed by atoms with Gasteiger partial charge in [0.05, 0.1) is 6.61 Å². The zero-order valence-electron chi connectivity index (χ0n) is 26.4. The van der Waals surface area contributed by atoms with Crippen LogP contribution in [-0.2, 0) is 0 Å². The summed E-state index contributed by atoms with van der Waals surface area (Å²) in [6, 6.07) is 15.6. The molecule has 1 saturated carbocycles. The van der Waals surface area contributed by atoms with Crippen molar-refractivity contribution in [3.05, 3.63) is 95.8 Å². The fourth-order valence-electron chi connectivity index (χ4n) is 7.23. The van der Waals surface area contributed by atoms with Crippen LogP contribution in [0.25, 0.3) is 27.8 Å². The monoisotopic (exact) mass is 600 g/mol. The molecule has 2 aliphatic rings. The highest BCUT2D eigenvalue weighted by molar-refractivity contribution is 5.74. The number of benzene rings is 3. The molecule has 0 saturated heterocycles. The molecule has 1 atom stereocenters. The molecule has 0 aromatic heterocycles. The highest BCUT2D eigenvalue weighted by Gasteiger charge is 2.29. The van der Waals surface area contributed by atoms with Crippen LogP contribution in [0.5, 0.6) is 5.75 Å². The van der Waals surface area contributed by atoms with E-state index in [-0.39, 0.29) is 23.7 Å². The van der Waals surface area contributed by atoms with E-state index in [2.05, 4.69) is 13.0 Å². The first-order chi connectivity index (χ1) is 21.5. The van der Waals surface area contributed by atoms with Crippen molar-refractivity contribution >= 4 is 5.57 Å². The fraction of sp³-hybridized carbons (Fsp3) is 0.450. The second kappa shape index (κ2) is 15.6. The summed E-state index contributed by atoms with van der Waals surface area (Å²) in [4.78, 5) is 0. The van der Waals surface area contributed by atoms with E-state index < -0.39 is 11.6 Å². The van der Waals surface area contributed by atoms with E-state index in [1.165, 1.54) is 63.5 Å². The average molecular weight is 601 g/mol. The van der Waals surface area contributed by atoms with Crippen LogP contribution in [0.2, 0.25) is 0 Å². The van der Waals surface area contributed by atoms with Crippen LogP contribution in [0, 0.1) is 35.2 Å². The molecule has 0 aliphatic heterocycles. The number of hydrogen-bond acceptors (Lipinski definition) is 1. The molecule has 0 radical (unpaired) electrons. The van der Waals surface area contributed by atoms with Gasteiger partial charge in [-0.25, -0.2) is 8.78 Å². The van der Waals surface area contributed by atoms with Gasteiger partial charge in [-0.1, -0.05) is 100 Å². The van der Waals surface area contributed by atoms with Crippen molar-refractivity contribution in [2.24, 2.45) is 17.8 Å². The summed E-state index contributed by atoms with van der Waals surface area (Å²) in [5, 5.41) is 0. The van der Waals surface area contributed by atoms with Gasteiger partial charge in [0.15, 0.2) is 11.6 Å². The van der Waals surface area contributed by atoms with Crippen molar-refractivity contribution in [3.8, 4) is 28.0 Å². The quantitative estimate of drug-likeness (QED) is 0.148. The molecule has 5 rings (SSSR count). The Morgan fingerprint density at radius 2 is 1.50 bits per heavy atom. The van der Waals surface area contributed by atoms with Gasteiger partial charge >= 0.3 is 0 Å². The largest absolute Gasteiger partial charge is 0.490 e. The van der Waals surface area contributed by atoms with E-state index >= 15 is 4.39 Å². The number of halogens is 3. The van der Waals surface area contributed by atoms with Gasteiger partial charge in [-0.15, -0.1) is 0 Å². The van der Waals surface area contributed by atoms with E-state index in [9.17, 15) is 8.78 Å². The summed E-state index contributed by atoms with van der Waals surface area (Å²) in [6.45, 7) is 4.46. The van der Waals surface area contributed by atoms with Crippen molar-refractivity contribution in [1.29, 1.82) is 0 Å². The standard InChI is InChI=1S/C40H47F3O/c1-3-5-7-9-28-10-12-29(13-11-28)30-14-18-32(19-15-30)35-23-22-34(27-37(35)41)31-16-20-33(21-17-31)36-24-25-38(40(43)39(36)42)44-26-8-6-4-2/h4,6,16-18,20-25,27-30H,3,5,7-15,19,26H2,1-2H3/b6-4-. The normalized spacial score (nSPS) is 20.6. The minimum atomic E-state index is -0.988. The molecular formula is C40H47F3O. The Kier molecular flexibility index (Phi) is 11.4. The topological polar surface area (TPSA) is 9.23 Å². The molecule has 1 unspecified atom stereocenters. The molecule has 0 heterocycles. The van der Waals surface area contributed by atoms with Gasteiger partial charge in [-0.05, 0) is 104 Å². The Balaban J connectivity index is 1.19. The fourth-order valence-corrected chi connectivity index (χ4v) is 7.23. The summed E-state index contributed by atoms with van der Waals surface area (Å²) in [7, 11) is 0. The van der Waals surface area contributed by atoms with E-state index in [4.69, 9.17) is 4.74 Å². The number of ether oxygens (including phenoxy) is 1. The molecule has 234 valence electrons. The molecule has 1 fully saturated rings. The predicted molar refractivity (Wildman–Crippen MR) is 177 cm³/mol. The second-order valence-electron chi connectivity index (χ2n) is 12.8. The molecule has 0 spiro atoms. The first kappa shape index (κ1) is 32.1. The lowest BCUT2D eigenvalue weighted by Crippen LogP contribution is -2.23. The number of allylic oxidation sites excluding steroid dienone is 3. The molecule has 3 aromatic carbocycles. The van der Waals surface area contributed by atoms with E-state index in [0.717, 1.165) is 53.7 Å². The summed E-state index contributed by atoms with van der Waals surface area (Å²) < 4.78 is 50.3. The summed E-state index contributed by atoms with van der Waals surface area (Å²) in [6.07, 6.45) is 20.9. The van der Waals surface area contributed by atoms with Gasteiger partial charge in [0.2, 0.25) is 5.82 Å². The van der Waals surface area contributed by atoms with Crippen LogP contribution in [0.15, 0.2) is 72.8 Å². The Morgan fingerprint density at radius 3 is 2.18 bits per heavy atom. The highest BCUT2D eigenvalue weighted by atomic mass is 19.2. The Morgan fingerprint density at radius 1 is 0.773 bits per heavy atom. The lowest BCUT2D eigenvalue weighted by molar-refractivity contribution is 0.187. The molecule has 4 heteroatoms. The molecule has 0 bridgehead atoms. The minimum Gasteiger partial charge on any atom is -0.490 e. The molecule has 44 heavy (non-hydrogen) atoms. The van der Waals surface area contributed by atoms with Crippen molar-refractivity contribution < 1.29 is 17.9 Å². The Hall–Kier alpha value is -3.27. The third-order valence-electron chi connectivity index (χ3n) is 9.89. The van der Waals surface area contributed by atoms with Gasteiger partial charge in [0.1, 0.15) is 5.82 Å². The lowest BCUT2D eigenvalue weighted by atomic mass is 9.70. The van der Waals surface area contributed by atoms with Crippen LogP contribution < -0.4 is 4.74 Å². The molecule has 0 amide bonds. The number of hydrogen-bond donors (Lipinski definition) is 0. The van der Waals surface area contributed by atoms with Crippen molar-refractivity contribution in [3.63, 3.8) is 0 Å². The van der Waals surface area contributed by atoms with Crippen LogP contribution in [0.3, 0.4) is 0 Å². The van der Waals surface area contributed by atoms with Crippen LogP contribution in [-0.4, -0.2) is 6.61 Å². The van der Waals surface area contributed by atoms with Crippen LogP contribution in [0.4, 0.5) is 13.2 Å². The predicted octanol–water partition coefficient (Wildman–Crippen LogP) is 12.4. The van der Waals surface area contributed by atoms with Crippen molar-refractivity contribution in [2.45, 2.75) is 90.9 Å². The molecule has 3 aromatic rings. The zero-order valence-corrected chi connectivity index (χ0v) is 26.4. The zero-order chi connectivity index (χ0) is 30.9. The minimum absolute atomic E-state index is 0.0909. The number of unbranched alkanes of at least 4 members (excludes halogenated alkanes) is 2. The van der Waals surface area contributed by atoms with Gasteiger partial charge in [-0.2, -0.15) is 4.39 Å². The third kappa shape index (κ3) is 7.86. The number of rotatable bonds is 12. The average Bonchev–Trinajstić information content (AvgIpc) is 3.06. The lowest BCUT2D eigenvalue weighted by Gasteiger charge is -2.35. The Bertz CT molecular complexity index is 1430. The van der Waals surface area contributed by atoms with Gasteiger partial charge in [0.25, 0.3) is 0 Å². The highest BCUT2D eigenvalue weighted by Crippen LogP contribution is 2.43. The summed E-state index contributed by atoms with van der Waals surface area (Å²) >= 11 is 0. The smallest absolute Gasteiger partial charge is 0.201 e. The molecule has 0 N–H and O–H groups in total. The van der Waals surface area contributed by atoms with Gasteiger partial charge < -0.3 is 4.74 Å². The van der Waals surface area contributed by atoms with E-state index in [1.54, 1.807) is 18.2 Å². The molecule has 2 aliphatic carbocycles. The maximum Gasteiger partial charge on any atom is 0.201 e. The van der Waals surface area contributed by atoms with E-state index in [0.29, 0.717) is 17.5 Å². The summed E-state index contributed by atoms with van der Waals surface area (Å²) in [5.74, 6) is 0.281. The maximum absolute atomic E-state index is 15.4. The SMILES string of the molecule is C/C=C\CCOc1ccc(-c2ccc(-c3ccc(C4=CCC(C5CCC(CCCCC)CC5)CC4)c(F)c3)cc2)c(F)c1F. The van der Waals surface area contributed by atoms with Gasteiger partial charge in [-0.3, -0.25) is 0 Å². The second-order valence-corrected chi connectivity index (χ2v) is 12.8. The van der Waals surface area contributed by atoms with Crippen molar-refractivity contribution in [2.75, 3.05) is 6.61 Å². The molecule has 1 nitrogen and oxygen atoms in total.